The van der Waals surface area contributed by atoms with Gasteiger partial charge in [-0.25, -0.2) is 0 Å². The van der Waals surface area contributed by atoms with Gasteiger partial charge in [0.15, 0.2) is 0 Å². The molecule has 0 bridgehead atoms. The zero-order valence-corrected chi connectivity index (χ0v) is 9.20. The van der Waals surface area contributed by atoms with Gasteiger partial charge in [-0.15, -0.1) is 0 Å². The molecule has 1 aliphatic heterocycles. The van der Waals surface area contributed by atoms with Crippen LogP contribution in [0, 0.1) is 0 Å². The Morgan fingerprint density at radius 2 is 2.06 bits per heavy atom. The third kappa shape index (κ3) is 1.77. The number of hydrogen-bond donors (Lipinski definition) is 2. The van der Waals surface area contributed by atoms with Crippen molar-refractivity contribution >= 4 is 11.6 Å². The van der Waals surface area contributed by atoms with Gasteiger partial charge in [-0.1, -0.05) is 18.2 Å². The summed E-state index contributed by atoms with van der Waals surface area (Å²) in [6.07, 6.45) is 3.20. The van der Waals surface area contributed by atoms with E-state index >= 15 is 0 Å². The maximum Gasteiger partial charge on any atom is 0.227 e. The zero-order valence-electron chi connectivity index (χ0n) is 9.20. The lowest BCUT2D eigenvalue weighted by Gasteiger charge is -2.25. The number of nitrogens with one attached hydrogen (secondary N) is 2. The first-order valence-electron chi connectivity index (χ1n) is 5.98. The number of para-hydroxylation sites is 1. The predicted molar refractivity (Wildman–Crippen MR) is 63.5 cm³/mol. The molecule has 0 spiro atoms. The van der Waals surface area contributed by atoms with Crippen LogP contribution in [-0.2, 0) is 4.79 Å². The van der Waals surface area contributed by atoms with Crippen LogP contribution in [0.2, 0.25) is 0 Å². The van der Waals surface area contributed by atoms with Gasteiger partial charge >= 0.3 is 0 Å². The fourth-order valence-electron chi connectivity index (χ4n) is 2.27. The second-order valence-corrected chi connectivity index (χ2v) is 4.64. The summed E-state index contributed by atoms with van der Waals surface area (Å²) in [5, 5.41) is 6.43. The van der Waals surface area contributed by atoms with Crippen molar-refractivity contribution in [3.63, 3.8) is 0 Å². The van der Waals surface area contributed by atoms with E-state index in [1.165, 1.54) is 0 Å². The Kier molecular flexibility index (Phi) is 2.31. The molecule has 3 nitrogen and oxygen atoms in total. The van der Waals surface area contributed by atoms with E-state index in [9.17, 15) is 4.79 Å². The largest absolute Gasteiger partial charge is 0.385 e. The van der Waals surface area contributed by atoms with E-state index in [4.69, 9.17) is 0 Å². The van der Waals surface area contributed by atoms with E-state index in [0.29, 0.717) is 6.04 Å². The van der Waals surface area contributed by atoms with Crippen molar-refractivity contribution in [1.82, 2.24) is 5.32 Å². The molecule has 1 aliphatic carbocycles. The van der Waals surface area contributed by atoms with Gasteiger partial charge in [0.25, 0.3) is 0 Å². The molecule has 1 heterocycles. The lowest BCUT2D eigenvalue weighted by molar-refractivity contribution is -0.122. The summed E-state index contributed by atoms with van der Waals surface area (Å²) in [5.74, 6) is 0.245. The van der Waals surface area contributed by atoms with E-state index in [0.717, 1.165) is 37.1 Å². The zero-order chi connectivity index (χ0) is 11.0. The standard InChI is InChI=1S/C13H16N2O/c16-13(15-9-5-6-9)11-7-8-14-12-4-2-1-3-10(11)12/h1-4,9,11,14H,5-8H2,(H,15,16). The quantitative estimate of drug-likeness (QED) is 0.792. The smallest absolute Gasteiger partial charge is 0.227 e. The van der Waals surface area contributed by atoms with E-state index in [1.807, 2.05) is 18.2 Å². The van der Waals surface area contributed by atoms with Gasteiger partial charge in [-0.05, 0) is 30.9 Å². The summed E-state index contributed by atoms with van der Waals surface area (Å²) >= 11 is 0. The van der Waals surface area contributed by atoms with Crippen molar-refractivity contribution in [1.29, 1.82) is 0 Å². The average Bonchev–Trinajstić information content (AvgIpc) is 3.12. The van der Waals surface area contributed by atoms with Crippen molar-refractivity contribution < 1.29 is 4.79 Å². The Balaban J connectivity index is 1.82. The average molecular weight is 216 g/mol. The summed E-state index contributed by atoms with van der Waals surface area (Å²) in [7, 11) is 0. The van der Waals surface area contributed by atoms with Gasteiger partial charge < -0.3 is 10.6 Å². The first-order chi connectivity index (χ1) is 7.84. The SMILES string of the molecule is O=C(NC1CC1)C1CCNc2ccccc21. The molecule has 84 valence electrons. The lowest BCUT2D eigenvalue weighted by atomic mass is 9.90. The van der Waals surface area contributed by atoms with Gasteiger partial charge in [-0.2, -0.15) is 0 Å². The third-order valence-corrected chi connectivity index (χ3v) is 3.32. The van der Waals surface area contributed by atoms with Crippen LogP contribution in [0.3, 0.4) is 0 Å². The Labute approximate surface area is 95.2 Å². The molecule has 2 aliphatic rings. The van der Waals surface area contributed by atoms with E-state index in [2.05, 4.69) is 16.7 Å². The molecule has 1 atom stereocenters. The summed E-state index contributed by atoms with van der Waals surface area (Å²) in [6, 6.07) is 8.57. The molecule has 0 aromatic heterocycles. The monoisotopic (exact) mass is 216 g/mol. The molecule has 0 saturated heterocycles. The van der Waals surface area contributed by atoms with Crippen LogP contribution in [0.4, 0.5) is 5.69 Å². The van der Waals surface area contributed by atoms with E-state index < -0.39 is 0 Å². The van der Waals surface area contributed by atoms with Crippen molar-refractivity contribution in [3.05, 3.63) is 29.8 Å². The molecule has 1 saturated carbocycles. The molecule has 1 aromatic rings. The second kappa shape index (κ2) is 3.81. The summed E-state index contributed by atoms with van der Waals surface area (Å²) in [4.78, 5) is 12.1. The van der Waals surface area contributed by atoms with Crippen LogP contribution < -0.4 is 10.6 Å². The van der Waals surface area contributed by atoms with Gasteiger partial charge in [0, 0.05) is 18.3 Å². The van der Waals surface area contributed by atoms with Gasteiger partial charge in [0.1, 0.15) is 0 Å². The summed E-state index contributed by atoms with van der Waals surface area (Å²) < 4.78 is 0. The van der Waals surface area contributed by atoms with Crippen LogP contribution >= 0.6 is 0 Å². The van der Waals surface area contributed by atoms with Crippen molar-refractivity contribution in [2.75, 3.05) is 11.9 Å². The fourth-order valence-corrected chi connectivity index (χ4v) is 2.27. The molecular weight excluding hydrogens is 200 g/mol. The number of hydrogen-bond acceptors (Lipinski definition) is 2. The van der Waals surface area contributed by atoms with Crippen molar-refractivity contribution in [2.24, 2.45) is 0 Å². The number of amides is 1. The molecule has 3 heteroatoms. The highest BCUT2D eigenvalue weighted by Gasteiger charge is 2.30. The Bertz CT molecular complexity index is 412. The summed E-state index contributed by atoms with van der Waals surface area (Å²) in [6.45, 7) is 0.889. The fraction of sp³-hybridized carbons (Fsp3) is 0.462. The lowest BCUT2D eigenvalue weighted by Crippen LogP contribution is -2.34. The van der Waals surface area contributed by atoms with Crippen LogP contribution in [0.25, 0.3) is 0 Å². The molecule has 0 radical (unpaired) electrons. The predicted octanol–water partition coefficient (Wildman–Crippen LogP) is 1.86. The van der Waals surface area contributed by atoms with Crippen LogP contribution in [0.5, 0.6) is 0 Å². The number of rotatable bonds is 2. The third-order valence-electron chi connectivity index (χ3n) is 3.32. The first kappa shape index (κ1) is 9.70. The Morgan fingerprint density at radius 1 is 1.25 bits per heavy atom. The number of fused-ring (bicyclic) bond motifs is 1. The van der Waals surface area contributed by atoms with E-state index in [-0.39, 0.29) is 11.8 Å². The highest BCUT2D eigenvalue weighted by atomic mass is 16.2. The molecule has 16 heavy (non-hydrogen) atoms. The molecule has 3 rings (SSSR count). The van der Waals surface area contributed by atoms with Crippen molar-refractivity contribution in [3.8, 4) is 0 Å². The molecule has 1 aromatic carbocycles. The molecule has 2 N–H and O–H groups in total. The van der Waals surface area contributed by atoms with Gasteiger partial charge in [0.2, 0.25) is 5.91 Å². The topological polar surface area (TPSA) is 41.1 Å². The van der Waals surface area contributed by atoms with Gasteiger partial charge in [0.05, 0.1) is 5.92 Å². The number of benzene rings is 1. The van der Waals surface area contributed by atoms with Gasteiger partial charge in [-0.3, -0.25) is 4.79 Å². The second-order valence-electron chi connectivity index (χ2n) is 4.64. The minimum absolute atomic E-state index is 0.0399. The van der Waals surface area contributed by atoms with Crippen LogP contribution in [-0.4, -0.2) is 18.5 Å². The molecule has 1 fully saturated rings. The minimum atomic E-state index is 0.0399. The maximum absolute atomic E-state index is 12.1. The number of carbonyl (C=O) groups is 1. The highest BCUT2D eigenvalue weighted by Crippen LogP contribution is 2.32. The summed E-state index contributed by atoms with van der Waals surface area (Å²) in [5.41, 5.74) is 2.26. The molecule has 1 unspecified atom stereocenters. The Morgan fingerprint density at radius 3 is 2.88 bits per heavy atom. The molecule has 1 amide bonds. The molecular formula is C13H16N2O. The van der Waals surface area contributed by atoms with Crippen LogP contribution in [0.15, 0.2) is 24.3 Å². The maximum atomic E-state index is 12.1. The Hall–Kier alpha value is -1.51. The van der Waals surface area contributed by atoms with Crippen molar-refractivity contribution in [2.45, 2.75) is 31.2 Å². The normalized spacial score (nSPS) is 23.1. The first-order valence-corrected chi connectivity index (χ1v) is 5.98. The minimum Gasteiger partial charge on any atom is -0.385 e. The highest BCUT2D eigenvalue weighted by molar-refractivity contribution is 5.86. The van der Waals surface area contributed by atoms with E-state index in [1.54, 1.807) is 0 Å². The van der Waals surface area contributed by atoms with Crippen LogP contribution in [0.1, 0.15) is 30.7 Å². The number of carbonyl (C=O) groups excluding carboxylic acids is 1. The number of anilines is 1.